The normalized spacial score (nSPS) is 27.7. The quantitative estimate of drug-likeness (QED) is 0.637. The molecule has 0 aliphatic carbocycles. The first-order chi connectivity index (χ1) is 6.61. The smallest absolute Gasteiger partial charge is 0.332 e. The van der Waals surface area contributed by atoms with Crippen LogP contribution < -0.4 is 5.32 Å². The number of rotatable bonds is 1. The van der Waals surface area contributed by atoms with Gasteiger partial charge in [-0.25, -0.2) is 18.2 Å². The van der Waals surface area contributed by atoms with Crippen molar-refractivity contribution in [3.8, 4) is 0 Å². The molecule has 0 aromatic carbocycles. The van der Waals surface area contributed by atoms with Crippen molar-refractivity contribution in [1.29, 1.82) is 0 Å². The summed E-state index contributed by atoms with van der Waals surface area (Å²) in [6.45, 7) is 1.39. The molecule has 0 saturated carbocycles. The second-order valence-corrected chi connectivity index (χ2v) is 5.42. The molecule has 7 heteroatoms. The summed E-state index contributed by atoms with van der Waals surface area (Å²) < 4.78 is 24.4. The third-order valence-electron chi connectivity index (χ3n) is 2.43. The number of hydrogen-bond donors (Lipinski definition) is 1. The van der Waals surface area contributed by atoms with Crippen LogP contribution in [0.1, 0.15) is 12.8 Å². The average Bonchev–Trinajstić information content (AvgIpc) is 2.51. The highest BCUT2D eigenvalue weighted by Gasteiger charge is 2.35. The maximum Gasteiger partial charge on any atom is 0.332 e. The summed E-state index contributed by atoms with van der Waals surface area (Å²) >= 11 is 0. The second-order valence-electron chi connectivity index (χ2n) is 3.42. The zero-order valence-electron chi connectivity index (χ0n) is 7.77. The van der Waals surface area contributed by atoms with Gasteiger partial charge < -0.3 is 5.32 Å². The Kier molecular flexibility index (Phi) is 2.36. The topological polar surface area (TPSA) is 69.7 Å². The fourth-order valence-corrected chi connectivity index (χ4v) is 3.36. The number of hydrazine groups is 1. The number of sulfonamides is 1. The average molecular weight is 219 g/mol. The molecule has 80 valence electrons. The number of carbonyl (C=O) groups is 1. The number of amides is 2. The SMILES string of the molecule is O=C1NCCN1N1CCCCS1(=O)=O. The van der Waals surface area contributed by atoms with Gasteiger partial charge in [0.1, 0.15) is 0 Å². The van der Waals surface area contributed by atoms with Crippen molar-refractivity contribution in [2.75, 3.05) is 25.4 Å². The van der Waals surface area contributed by atoms with Gasteiger partial charge in [-0.15, -0.1) is 4.41 Å². The van der Waals surface area contributed by atoms with E-state index in [-0.39, 0.29) is 11.8 Å². The van der Waals surface area contributed by atoms with Crippen molar-refractivity contribution in [2.45, 2.75) is 12.8 Å². The van der Waals surface area contributed by atoms with Gasteiger partial charge in [-0.05, 0) is 12.8 Å². The number of nitrogens with zero attached hydrogens (tertiary/aromatic N) is 2. The number of nitrogens with one attached hydrogen (secondary N) is 1. The van der Waals surface area contributed by atoms with Crippen molar-refractivity contribution in [3.63, 3.8) is 0 Å². The van der Waals surface area contributed by atoms with Crippen LogP contribution in [0, 0.1) is 0 Å². The first-order valence-corrected chi connectivity index (χ1v) is 6.28. The molecule has 0 bridgehead atoms. The summed E-state index contributed by atoms with van der Waals surface area (Å²) in [5.74, 6) is 0.150. The molecule has 0 radical (unpaired) electrons. The van der Waals surface area contributed by atoms with E-state index in [0.29, 0.717) is 26.1 Å². The van der Waals surface area contributed by atoms with E-state index in [1.165, 1.54) is 9.42 Å². The predicted molar refractivity (Wildman–Crippen MR) is 49.8 cm³/mol. The lowest BCUT2D eigenvalue weighted by Gasteiger charge is -2.32. The maximum absolute atomic E-state index is 11.6. The molecule has 2 rings (SSSR count). The molecule has 0 aromatic heterocycles. The Morgan fingerprint density at radius 2 is 2.00 bits per heavy atom. The Labute approximate surface area is 82.9 Å². The first kappa shape index (κ1) is 9.72. The Morgan fingerprint density at radius 3 is 2.57 bits per heavy atom. The van der Waals surface area contributed by atoms with E-state index in [1.54, 1.807) is 0 Å². The molecule has 2 aliphatic rings. The summed E-state index contributed by atoms with van der Waals surface area (Å²) in [5.41, 5.74) is 0. The van der Waals surface area contributed by atoms with Gasteiger partial charge in [0.25, 0.3) is 0 Å². The minimum atomic E-state index is -3.24. The highest BCUT2D eigenvalue weighted by Crippen LogP contribution is 2.17. The van der Waals surface area contributed by atoms with Crippen LogP contribution in [0.5, 0.6) is 0 Å². The van der Waals surface area contributed by atoms with Crippen molar-refractivity contribution < 1.29 is 13.2 Å². The third-order valence-corrected chi connectivity index (χ3v) is 4.25. The molecule has 14 heavy (non-hydrogen) atoms. The molecule has 6 nitrogen and oxygen atoms in total. The lowest BCUT2D eigenvalue weighted by atomic mass is 10.3. The van der Waals surface area contributed by atoms with E-state index < -0.39 is 10.0 Å². The van der Waals surface area contributed by atoms with E-state index in [0.717, 1.165) is 6.42 Å². The molecule has 2 fully saturated rings. The zero-order valence-corrected chi connectivity index (χ0v) is 8.59. The Morgan fingerprint density at radius 1 is 1.21 bits per heavy atom. The minimum Gasteiger partial charge on any atom is -0.335 e. The number of urea groups is 1. The summed E-state index contributed by atoms with van der Waals surface area (Å²) in [6.07, 6.45) is 1.51. The van der Waals surface area contributed by atoms with Crippen molar-refractivity contribution >= 4 is 16.1 Å². The van der Waals surface area contributed by atoms with Gasteiger partial charge in [0.2, 0.25) is 10.0 Å². The van der Waals surface area contributed by atoms with E-state index in [4.69, 9.17) is 0 Å². The second kappa shape index (κ2) is 3.39. The lowest BCUT2D eigenvalue weighted by Crippen LogP contribution is -2.51. The van der Waals surface area contributed by atoms with Crippen molar-refractivity contribution in [2.24, 2.45) is 0 Å². The van der Waals surface area contributed by atoms with Crippen LogP contribution in [0.15, 0.2) is 0 Å². The van der Waals surface area contributed by atoms with Crippen LogP contribution in [0.2, 0.25) is 0 Å². The zero-order chi connectivity index (χ0) is 10.2. The predicted octanol–water partition coefficient (Wildman–Crippen LogP) is -0.648. The first-order valence-electron chi connectivity index (χ1n) is 4.67. The van der Waals surface area contributed by atoms with E-state index >= 15 is 0 Å². The molecule has 1 N–H and O–H groups in total. The van der Waals surface area contributed by atoms with Gasteiger partial charge in [0, 0.05) is 13.1 Å². The molecule has 0 aromatic rings. The molecular weight excluding hydrogens is 206 g/mol. The van der Waals surface area contributed by atoms with Crippen LogP contribution in [0.25, 0.3) is 0 Å². The van der Waals surface area contributed by atoms with Crippen LogP contribution in [-0.4, -0.2) is 49.3 Å². The summed E-state index contributed by atoms with van der Waals surface area (Å²) in [7, 11) is -3.24. The molecule has 0 spiro atoms. The van der Waals surface area contributed by atoms with Crippen LogP contribution in [-0.2, 0) is 10.0 Å². The van der Waals surface area contributed by atoms with Crippen molar-refractivity contribution in [3.05, 3.63) is 0 Å². The fraction of sp³-hybridized carbons (Fsp3) is 0.857. The van der Waals surface area contributed by atoms with Gasteiger partial charge in [0.15, 0.2) is 0 Å². The molecule has 2 saturated heterocycles. The van der Waals surface area contributed by atoms with Crippen LogP contribution in [0.4, 0.5) is 4.79 Å². The summed E-state index contributed by atoms with van der Waals surface area (Å²) in [5, 5.41) is 3.87. The standard InChI is InChI=1S/C7H13N3O3S/c11-7-8-3-5-9(7)10-4-1-2-6-14(10,12)13/h1-6H2,(H,8,11). The largest absolute Gasteiger partial charge is 0.335 e. The van der Waals surface area contributed by atoms with E-state index in [2.05, 4.69) is 5.32 Å². The van der Waals surface area contributed by atoms with Gasteiger partial charge in [-0.2, -0.15) is 0 Å². The van der Waals surface area contributed by atoms with Gasteiger partial charge in [-0.3, -0.25) is 0 Å². The van der Waals surface area contributed by atoms with E-state index in [1.807, 2.05) is 0 Å². The van der Waals surface area contributed by atoms with Gasteiger partial charge in [0.05, 0.1) is 12.3 Å². The summed E-state index contributed by atoms with van der Waals surface area (Å²) in [4.78, 5) is 11.3. The molecule has 2 aliphatic heterocycles. The molecule has 0 unspecified atom stereocenters. The maximum atomic E-state index is 11.6. The van der Waals surface area contributed by atoms with Crippen LogP contribution in [0.3, 0.4) is 0 Å². The van der Waals surface area contributed by atoms with Crippen LogP contribution >= 0.6 is 0 Å². The Balaban J connectivity index is 2.19. The van der Waals surface area contributed by atoms with Crippen molar-refractivity contribution in [1.82, 2.24) is 14.7 Å². The highest BCUT2D eigenvalue weighted by molar-refractivity contribution is 7.89. The lowest BCUT2D eigenvalue weighted by molar-refractivity contribution is 0.109. The number of hydrogen-bond acceptors (Lipinski definition) is 3. The van der Waals surface area contributed by atoms with Gasteiger partial charge in [-0.1, -0.05) is 0 Å². The highest BCUT2D eigenvalue weighted by atomic mass is 32.2. The Bertz CT molecular complexity index is 340. The Hall–Kier alpha value is -0.820. The molecule has 2 amide bonds. The summed E-state index contributed by atoms with van der Waals surface area (Å²) in [6, 6.07) is -0.310. The fourth-order valence-electron chi connectivity index (χ4n) is 1.72. The van der Waals surface area contributed by atoms with E-state index in [9.17, 15) is 13.2 Å². The monoisotopic (exact) mass is 219 g/mol. The molecular formula is C7H13N3O3S. The molecule has 2 heterocycles. The molecule has 0 atom stereocenters. The third kappa shape index (κ3) is 1.57. The number of carbonyl (C=O) groups excluding carboxylic acids is 1. The van der Waals surface area contributed by atoms with Gasteiger partial charge >= 0.3 is 6.03 Å². The minimum absolute atomic E-state index is 0.150.